The van der Waals surface area contributed by atoms with Gasteiger partial charge in [-0.15, -0.1) is 0 Å². The van der Waals surface area contributed by atoms with Crippen molar-refractivity contribution >= 4 is 17.5 Å². The molecule has 0 aliphatic rings. The summed E-state index contributed by atoms with van der Waals surface area (Å²) < 4.78 is 0. The number of carbonyl (C=O) groups is 2. The first-order valence-electron chi connectivity index (χ1n) is 12.0. The first-order valence-corrected chi connectivity index (χ1v) is 12.0. The van der Waals surface area contributed by atoms with Crippen LogP contribution in [0.2, 0.25) is 0 Å². The largest absolute Gasteiger partial charge is 0.384 e. The number of amides is 1. The van der Waals surface area contributed by atoms with Crippen LogP contribution >= 0.6 is 0 Å². The van der Waals surface area contributed by atoms with Gasteiger partial charge in [-0.25, -0.2) is 4.98 Å². The molecular weight excluding hydrogens is 398 g/mol. The van der Waals surface area contributed by atoms with Crippen LogP contribution in [0.15, 0.2) is 42.5 Å². The molecule has 5 nitrogen and oxygen atoms in total. The third kappa shape index (κ3) is 8.81. The summed E-state index contributed by atoms with van der Waals surface area (Å²) in [5.41, 5.74) is 8.81. The maximum atomic E-state index is 13.0. The van der Waals surface area contributed by atoms with Crippen LogP contribution in [0.1, 0.15) is 75.6 Å². The summed E-state index contributed by atoms with van der Waals surface area (Å²) in [5, 5.41) is 2.99. The topological polar surface area (TPSA) is 85.1 Å². The van der Waals surface area contributed by atoms with Crippen LogP contribution in [0.3, 0.4) is 0 Å². The lowest BCUT2D eigenvalue weighted by Crippen LogP contribution is -2.42. The van der Waals surface area contributed by atoms with Crippen molar-refractivity contribution in [3.63, 3.8) is 0 Å². The first-order chi connectivity index (χ1) is 15.4. The van der Waals surface area contributed by atoms with Crippen LogP contribution in [0.25, 0.3) is 0 Å². The number of nitrogens with one attached hydrogen (secondary N) is 1. The molecule has 1 aromatic heterocycles. The zero-order valence-electron chi connectivity index (χ0n) is 19.9. The van der Waals surface area contributed by atoms with E-state index in [9.17, 15) is 9.59 Å². The van der Waals surface area contributed by atoms with Crippen molar-refractivity contribution in [2.45, 2.75) is 84.6 Å². The van der Waals surface area contributed by atoms with Gasteiger partial charge >= 0.3 is 0 Å². The van der Waals surface area contributed by atoms with E-state index in [1.807, 2.05) is 31.2 Å². The second-order valence-electron chi connectivity index (χ2n) is 8.75. The molecule has 1 amide bonds. The molecule has 0 saturated carbocycles. The molecule has 2 atom stereocenters. The molecule has 2 rings (SSSR count). The Bertz CT molecular complexity index is 851. The summed E-state index contributed by atoms with van der Waals surface area (Å²) in [4.78, 5) is 29.9. The smallest absolute Gasteiger partial charge is 0.223 e. The van der Waals surface area contributed by atoms with Gasteiger partial charge in [-0.2, -0.15) is 0 Å². The summed E-state index contributed by atoms with van der Waals surface area (Å²) in [6.07, 6.45) is 8.09. The fourth-order valence-electron chi connectivity index (χ4n) is 3.97. The van der Waals surface area contributed by atoms with E-state index < -0.39 is 6.04 Å². The first kappa shape index (κ1) is 25.6. The minimum absolute atomic E-state index is 0.00334. The Balaban J connectivity index is 1.89. The van der Waals surface area contributed by atoms with Crippen LogP contribution < -0.4 is 11.1 Å². The maximum absolute atomic E-state index is 13.0. The Morgan fingerprint density at radius 2 is 1.75 bits per heavy atom. The van der Waals surface area contributed by atoms with E-state index >= 15 is 0 Å². The molecule has 174 valence electrons. The molecule has 0 unspecified atom stereocenters. The Morgan fingerprint density at radius 3 is 2.44 bits per heavy atom. The number of unbranched alkanes of at least 4 members (excludes halogenated alkanes) is 3. The third-order valence-corrected chi connectivity index (χ3v) is 6.10. The highest BCUT2D eigenvalue weighted by Gasteiger charge is 2.22. The molecule has 0 aliphatic heterocycles. The van der Waals surface area contributed by atoms with Crippen molar-refractivity contribution in [2.75, 3.05) is 5.73 Å². The van der Waals surface area contributed by atoms with Gasteiger partial charge in [-0.3, -0.25) is 9.59 Å². The number of anilines is 1. The van der Waals surface area contributed by atoms with Gasteiger partial charge in [-0.05, 0) is 56.7 Å². The Hall–Kier alpha value is -2.69. The molecule has 0 bridgehead atoms. The summed E-state index contributed by atoms with van der Waals surface area (Å²) in [6, 6.07) is 13.5. The van der Waals surface area contributed by atoms with Crippen molar-refractivity contribution in [1.82, 2.24) is 10.3 Å². The summed E-state index contributed by atoms with van der Waals surface area (Å²) in [7, 11) is 0. The van der Waals surface area contributed by atoms with Gasteiger partial charge in [0.25, 0.3) is 0 Å². The highest BCUT2D eigenvalue weighted by molar-refractivity contribution is 5.89. The molecule has 0 aliphatic carbocycles. The van der Waals surface area contributed by atoms with Gasteiger partial charge < -0.3 is 11.1 Å². The molecule has 2 aromatic rings. The van der Waals surface area contributed by atoms with Crippen molar-refractivity contribution in [3.05, 3.63) is 59.3 Å². The number of nitrogens with two attached hydrogens (primary N) is 1. The van der Waals surface area contributed by atoms with Gasteiger partial charge in [-0.1, -0.05) is 69.0 Å². The van der Waals surface area contributed by atoms with Crippen LogP contribution in [0.5, 0.6) is 0 Å². The van der Waals surface area contributed by atoms with Crippen LogP contribution in [0, 0.1) is 12.8 Å². The highest BCUT2D eigenvalue weighted by Crippen LogP contribution is 2.19. The van der Waals surface area contributed by atoms with Crippen LogP contribution in [-0.2, 0) is 22.4 Å². The average Bonchev–Trinajstić information content (AvgIpc) is 2.78. The number of carbonyl (C=O) groups excluding carboxylic acids is 2. The Labute approximate surface area is 193 Å². The lowest BCUT2D eigenvalue weighted by molar-refractivity contribution is -0.130. The lowest BCUT2D eigenvalue weighted by atomic mass is 9.92. The molecule has 0 saturated heterocycles. The average molecular weight is 438 g/mol. The number of hydrogen-bond donors (Lipinski definition) is 2. The molecule has 1 heterocycles. The zero-order valence-corrected chi connectivity index (χ0v) is 19.9. The number of benzene rings is 1. The number of aromatic nitrogens is 1. The van der Waals surface area contributed by atoms with E-state index in [2.05, 4.69) is 29.4 Å². The lowest BCUT2D eigenvalue weighted by Gasteiger charge is -2.20. The molecule has 5 heteroatoms. The number of hydrogen-bond acceptors (Lipinski definition) is 4. The summed E-state index contributed by atoms with van der Waals surface area (Å²) in [5.74, 6) is 0.468. The molecule has 0 fully saturated rings. The number of nitrogen functional groups attached to an aromatic ring is 1. The number of ketones is 1. The Kier molecular flexibility index (Phi) is 10.9. The quantitative estimate of drug-likeness (QED) is 0.398. The maximum Gasteiger partial charge on any atom is 0.223 e. The minimum Gasteiger partial charge on any atom is -0.384 e. The fourth-order valence-corrected chi connectivity index (χ4v) is 3.97. The standard InChI is InChI=1S/C27H39N3O2/c1-4-5-6-10-13-24(15-14-22-11-8-7-9-12-22)27(32)30-21(3)25(31)18-16-23-17-19-26(28)29-20(23)2/h7-9,11-12,17,19,21,24H,4-6,10,13-16,18H2,1-3H3,(H2,28,29)(H,30,32)/t21-,24+/m0/s1. The van der Waals surface area contributed by atoms with Gasteiger partial charge in [0.2, 0.25) is 5.91 Å². The monoisotopic (exact) mass is 437 g/mol. The second-order valence-corrected chi connectivity index (χ2v) is 8.75. The predicted octanol–water partition coefficient (Wildman–Crippen LogP) is 5.20. The van der Waals surface area contributed by atoms with Gasteiger partial charge in [0.1, 0.15) is 5.82 Å². The SMILES string of the molecule is CCCCCC[C@H](CCc1ccccc1)C(=O)N[C@@H](C)C(=O)CCc1ccc(N)nc1C. The van der Waals surface area contributed by atoms with E-state index in [1.165, 1.54) is 18.4 Å². The van der Waals surface area contributed by atoms with Gasteiger partial charge in [0.15, 0.2) is 5.78 Å². The number of Topliss-reactive ketones (excluding diaryl/α,β-unsaturated/α-hetero) is 1. The minimum atomic E-state index is -0.487. The molecular formula is C27H39N3O2. The van der Waals surface area contributed by atoms with Crippen LogP contribution in [0.4, 0.5) is 5.82 Å². The van der Waals surface area contributed by atoms with E-state index in [4.69, 9.17) is 5.73 Å². The van der Waals surface area contributed by atoms with Gasteiger partial charge in [0.05, 0.1) is 6.04 Å². The highest BCUT2D eigenvalue weighted by atomic mass is 16.2. The molecule has 1 aromatic carbocycles. The normalized spacial score (nSPS) is 12.8. The van der Waals surface area contributed by atoms with Crippen LogP contribution in [-0.4, -0.2) is 22.7 Å². The van der Waals surface area contributed by atoms with Gasteiger partial charge in [0, 0.05) is 18.0 Å². The predicted molar refractivity (Wildman–Crippen MR) is 131 cm³/mol. The van der Waals surface area contributed by atoms with Crippen molar-refractivity contribution in [3.8, 4) is 0 Å². The number of rotatable bonds is 14. The van der Waals surface area contributed by atoms with Crippen molar-refractivity contribution in [2.24, 2.45) is 5.92 Å². The molecule has 32 heavy (non-hydrogen) atoms. The summed E-state index contributed by atoms with van der Waals surface area (Å²) >= 11 is 0. The third-order valence-electron chi connectivity index (χ3n) is 6.10. The van der Waals surface area contributed by atoms with E-state index in [-0.39, 0.29) is 17.6 Å². The van der Waals surface area contributed by atoms with E-state index in [0.29, 0.717) is 18.7 Å². The van der Waals surface area contributed by atoms with E-state index in [0.717, 1.165) is 43.4 Å². The summed E-state index contributed by atoms with van der Waals surface area (Å²) in [6.45, 7) is 5.88. The van der Waals surface area contributed by atoms with Crippen molar-refractivity contribution < 1.29 is 9.59 Å². The number of nitrogens with zero attached hydrogens (tertiary/aromatic N) is 1. The second kappa shape index (κ2) is 13.7. The molecule has 3 N–H and O–H groups in total. The molecule has 0 radical (unpaired) electrons. The fraction of sp³-hybridized carbons (Fsp3) is 0.519. The number of aryl methyl sites for hydroxylation is 3. The van der Waals surface area contributed by atoms with E-state index in [1.54, 1.807) is 13.0 Å². The molecule has 0 spiro atoms. The number of pyridine rings is 1. The Morgan fingerprint density at radius 1 is 1.00 bits per heavy atom. The van der Waals surface area contributed by atoms with Crippen molar-refractivity contribution in [1.29, 1.82) is 0 Å². The zero-order chi connectivity index (χ0) is 23.3.